The molecule has 5 rings (SSSR count). The lowest BCUT2D eigenvalue weighted by atomic mass is 10.1. The SMILES string of the molecule is CC(C)CN1C(=O)/C(=C/c2cn(-c3ccccc3)nc2-c2ccc(OCc3ccc(Cl)cc3)cc2)SC1=S. The molecular weight excluding hydrogens is 534 g/mol. The first kappa shape index (κ1) is 26.2. The Morgan fingerprint density at radius 3 is 2.42 bits per heavy atom. The molecule has 1 amide bonds. The summed E-state index contributed by atoms with van der Waals surface area (Å²) in [4.78, 5) is 15.4. The first-order valence-corrected chi connectivity index (χ1v) is 13.9. The van der Waals surface area contributed by atoms with E-state index in [1.807, 2.05) is 95.8 Å². The number of halogens is 1. The van der Waals surface area contributed by atoms with Crippen molar-refractivity contribution < 1.29 is 9.53 Å². The van der Waals surface area contributed by atoms with E-state index in [1.165, 1.54) is 11.8 Å². The molecule has 0 saturated carbocycles. The number of carbonyl (C=O) groups excluding carboxylic acids is 1. The predicted molar refractivity (Wildman–Crippen MR) is 160 cm³/mol. The molecule has 4 aromatic rings. The Balaban J connectivity index is 1.44. The Hall–Kier alpha value is -3.39. The summed E-state index contributed by atoms with van der Waals surface area (Å²) in [6, 6.07) is 25.3. The van der Waals surface area contributed by atoms with Crippen molar-refractivity contribution in [3.63, 3.8) is 0 Å². The van der Waals surface area contributed by atoms with Crippen LogP contribution in [0, 0.1) is 5.92 Å². The maximum absolute atomic E-state index is 13.1. The van der Waals surface area contributed by atoms with Crippen LogP contribution in [-0.2, 0) is 11.4 Å². The number of hydrogen-bond acceptors (Lipinski definition) is 5. The van der Waals surface area contributed by atoms with Crippen LogP contribution in [0.5, 0.6) is 5.75 Å². The van der Waals surface area contributed by atoms with Crippen molar-refractivity contribution in [1.82, 2.24) is 14.7 Å². The Kier molecular flexibility index (Phi) is 7.98. The summed E-state index contributed by atoms with van der Waals surface area (Å²) in [5.74, 6) is 1.02. The number of hydrogen-bond donors (Lipinski definition) is 0. The first-order valence-electron chi connectivity index (χ1n) is 12.3. The van der Waals surface area contributed by atoms with Gasteiger partial charge in [-0.15, -0.1) is 0 Å². The zero-order valence-corrected chi connectivity index (χ0v) is 23.4. The highest BCUT2D eigenvalue weighted by atomic mass is 35.5. The number of nitrogens with zero attached hydrogens (tertiary/aromatic N) is 3. The molecule has 1 fully saturated rings. The van der Waals surface area contributed by atoms with Crippen LogP contribution in [0.3, 0.4) is 0 Å². The van der Waals surface area contributed by atoms with Crippen molar-refractivity contribution in [3.8, 4) is 22.7 Å². The molecule has 8 heteroatoms. The fourth-order valence-electron chi connectivity index (χ4n) is 4.05. The molecule has 1 aromatic heterocycles. The third kappa shape index (κ3) is 6.01. The van der Waals surface area contributed by atoms with Gasteiger partial charge in [-0.3, -0.25) is 9.69 Å². The van der Waals surface area contributed by atoms with Gasteiger partial charge in [-0.1, -0.05) is 79.8 Å². The molecule has 2 heterocycles. The third-order valence-electron chi connectivity index (χ3n) is 5.92. The second-order valence-electron chi connectivity index (χ2n) is 9.34. The van der Waals surface area contributed by atoms with Crippen LogP contribution in [0.2, 0.25) is 5.02 Å². The van der Waals surface area contributed by atoms with E-state index >= 15 is 0 Å². The van der Waals surface area contributed by atoms with Gasteiger partial charge < -0.3 is 4.74 Å². The molecule has 0 N–H and O–H groups in total. The zero-order valence-electron chi connectivity index (χ0n) is 21.0. The standard InChI is InChI=1S/C30H26ClN3O2S2/c1-20(2)17-33-29(35)27(38-30(33)37)16-23-18-34(25-6-4-3-5-7-25)32-28(23)22-10-14-26(15-11-22)36-19-21-8-12-24(31)13-9-21/h3-16,18,20H,17,19H2,1-2H3/b27-16-. The molecule has 0 spiro atoms. The van der Waals surface area contributed by atoms with E-state index in [-0.39, 0.29) is 5.91 Å². The summed E-state index contributed by atoms with van der Waals surface area (Å²) >= 11 is 12.8. The van der Waals surface area contributed by atoms with Gasteiger partial charge in [0.15, 0.2) is 0 Å². The molecule has 0 unspecified atom stereocenters. The normalized spacial score (nSPS) is 14.6. The van der Waals surface area contributed by atoms with Gasteiger partial charge >= 0.3 is 0 Å². The summed E-state index contributed by atoms with van der Waals surface area (Å²) in [6.07, 6.45) is 3.84. The third-order valence-corrected chi connectivity index (χ3v) is 7.55. The van der Waals surface area contributed by atoms with Gasteiger partial charge in [-0.05, 0) is 66.1 Å². The maximum atomic E-state index is 13.1. The number of aromatic nitrogens is 2. The lowest BCUT2D eigenvalue weighted by molar-refractivity contribution is -0.122. The van der Waals surface area contributed by atoms with Crippen LogP contribution in [0.15, 0.2) is 90.0 Å². The van der Waals surface area contributed by atoms with Crippen LogP contribution in [-0.4, -0.2) is 31.5 Å². The van der Waals surface area contributed by atoms with Gasteiger partial charge in [0.2, 0.25) is 0 Å². The highest BCUT2D eigenvalue weighted by Crippen LogP contribution is 2.35. The average Bonchev–Trinajstić information content (AvgIpc) is 3.45. The highest BCUT2D eigenvalue weighted by Gasteiger charge is 2.32. The zero-order chi connectivity index (χ0) is 26.6. The number of amides is 1. The molecule has 0 aliphatic carbocycles. The topological polar surface area (TPSA) is 47.4 Å². The minimum Gasteiger partial charge on any atom is -0.489 e. The summed E-state index contributed by atoms with van der Waals surface area (Å²) in [5, 5.41) is 5.59. The maximum Gasteiger partial charge on any atom is 0.266 e. The molecule has 1 aliphatic rings. The Labute approximate surface area is 237 Å². The molecule has 1 saturated heterocycles. The van der Waals surface area contributed by atoms with E-state index < -0.39 is 0 Å². The summed E-state index contributed by atoms with van der Waals surface area (Å²) < 4.78 is 8.38. The van der Waals surface area contributed by atoms with Crippen LogP contribution >= 0.6 is 35.6 Å². The van der Waals surface area contributed by atoms with Gasteiger partial charge in [0, 0.05) is 28.9 Å². The molecule has 0 radical (unpaired) electrons. The molecule has 3 aromatic carbocycles. The van der Waals surface area contributed by atoms with Crippen molar-refractivity contribution in [3.05, 3.63) is 106 Å². The number of para-hydroxylation sites is 1. The Bertz CT molecular complexity index is 1480. The monoisotopic (exact) mass is 559 g/mol. The van der Waals surface area contributed by atoms with Crippen molar-refractivity contribution in [2.75, 3.05) is 6.54 Å². The summed E-state index contributed by atoms with van der Waals surface area (Å²) in [7, 11) is 0. The number of benzene rings is 3. The lowest BCUT2D eigenvalue weighted by Gasteiger charge is -2.16. The van der Waals surface area contributed by atoms with E-state index in [4.69, 9.17) is 33.7 Å². The smallest absolute Gasteiger partial charge is 0.266 e. The van der Waals surface area contributed by atoms with Gasteiger partial charge in [-0.2, -0.15) is 5.10 Å². The molecule has 192 valence electrons. The number of thioether (sulfide) groups is 1. The Morgan fingerprint density at radius 1 is 1.03 bits per heavy atom. The van der Waals surface area contributed by atoms with Crippen molar-refractivity contribution in [2.45, 2.75) is 20.5 Å². The van der Waals surface area contributed by atoms with E-state index in [0.29, 0.717) is 33.3 Å². The van der Waals surface area contributed by atoms with Gasteiger partial charge in [-0.25, -0.2) is 4.68 Å². The Morgan fingerprint density at radius 2 is 1.74 bits per heavy atom. The molecular formula is C30H26ClN3O2S2. The molecule has 1 aliphatic heterocycles. The van der Waals surface area contributed by atoms with Crippen LogP contribution < -0.4 is 4.74 Å². The number of rotatable bonds is 8. The first-order chi connectivity index (χ1) is 18.4. The van der Waals surface area contributed by atoms with E-state index in [1.54, 1.807) is 4.90 Å². The van der Waals surface area contributed by atoms with E-state index in [0.717, 1.165) is 33.8 Å². The van der Waals surface area contributed by atoms with Crippen molar-refractivity contribution in [1.29, 1.82) is 0 Å². The van der Waals surface area contributed by atoms with Gasteiger partial charge in [0.1, 0.15) is 16.7 Å². The quantitative estimate of drug-likeness (QED) is 0.164. The van der Waals surface area contributed by atoms with Crippen LogP contribution in [0.4, 0.5) is 0 Å². The minimum atomic E-state index is -0.0574. The van der Waals surface area contributed by atoms with Crippen LogP contribution in [0.25, 0.3) is 23.0 Å². The van der Waals surface area contributed by atoms with E-state index in [9.17, 15) is 4.79 Å². The van der Waals surface area contributed by atoms with Gasteiger partial charge in [0.05, 0.1) is 16.3 Å². The fraction of sp³-hybridized carbons (Fsp3) is 0.167. The molecule has 5 nitrogen and oxygen atoms in total. The molecule has 0 bridgehead atoms. The summed E-state index contributed by atoms with van der Waals surface area (Å²) in [6.45, 7) is 5.21. The molecule has 38 heavy (non-hydrogen) atoms. The summed E-state index contributed by atoms with van der Waals surface area (Å²) in [5.41, 5.74) is 4.50. The number of ether oxygens (including phenoxy) is 1. The van der Waals surface area contributed by atoms with E-state index in [2.05, 4.69) is 13.8 Å². The number of thiocarbonyl (C=S) groups is 1. The van der Waals surface area contributed by atoms with Crippen molar-refractivity contribution >= 4 is 51.9 Å². The minimum absolute atomic E-state index is 0.0574. The van der Waals surface area contributed by atoms with Crippen molar-refractivity contribution in [2.24, 2.45) is 5.92 Å². The highest BCUT2D eigenvalue weighted by molar-refractivity contribution is 8.26. The van der Waals surface area contributed by atoms with Crippen LogP contribution in [0.1, 0.15) is 25.0 Å². The predicted octanol–water partition coefficient (Wildman–Crippen LogP) is 7.63. The lowest BCUT2D eigenvalue weighted by Crippen LogP contribution is -2.31. The average molecular weight is 560 g/mol. The van der Waals surface area contributed by atoms with Gasteiger partial charge in [0.25, 0.3) is 5.91 Å². The molecule has 0 atom stereocenters. The second-order valence-corrected chi connectivity index (χ2v) is 11.5. The fourth-order valence-corrected chi connectivity index (χ4v) is 5.44. The largest absolute Gasteiger partial charge is 0.489 e. The number of carbonyl (C=O) groups is 1. The second kappa shape index (κ2) is 11.6.